The fraction of sp³-hybridized carbons (Fsp3) is 0.0526. The van der Waals surface area contributed by atoms with E-state index in [0.717, 1.165) is 32.4 Å². The Labute approximate surface area is 147 Å². The Balaban J connectivity index is 1.70. The van der Waals surface area contributed by atoms with Crippen molar-refractivity contribution in [3.8, 4) is 0 Å². The molecule has 0 atom stereocenters. The number of nitrogens with one attached hydrogen (secondary N) is 1. The summed E-state index contributed by atoms with van der Waals surface area (Å²) in [6, 6.07) is 17.3. The summed E-state index contributed by atoms with van der Waals surface area (Å²) in [7, 11) is 0. The van der Waals surface area contributed by atoms with Crippen LogP contribution in [0.1, 0.15) is 15.2 Å². The Kier molecular flexibility index (Phi) is 3.71. The number of hydrogen-bond donors (Lipinski definition) is 1. The van der Waals surface area contributed by atoms with E-state index < -0.39 is 0 Å². The van der Waals surface area contributed by atoms with Crippen molar-refractivity contribution in [2.45, 2.75) is 6.92 Å². The Hall–Kier alpha value is -2.43. The van der Waals surface area contributed by atoms with Gasteiger partial charge in [0, 0.05) is 21.5 Å². The maximum absolute atomic E-state index is 12.6. The molecule has 24 heavy (non-hydrogen) atoms. The van der Waals surface area contributed by atoms with Crippen molar-refractivity contribution in [2.75, 3.05) is 5.32 Å². The number of pyridine rings is 1. The van der Waals surface area contributed by atoms with Crippen LogP contribution in [0.2, 0.25) is 5.02 Å². The minimum absolute atomic E-state index is 0.132. The van der Waals surface area contributed by atoms with Crippen LogP contribution in [-0.2, 0) is 0 Å². The van der Waals surface area contributed by atoms with Gasteiger partial charge in [-0.25, -0.2) is 4.98 Å². The average Bonchev–Trinajstić information content (AvgIpc) is 2.98. The van der Waals surface area contributed by atoms with E-state index in [-0.39, 0.29) is 5.91 Å². The Morgan fingerprint density at radius 3 is 2.75 bits per heavy atom. The minimum Gasteiger partial charge on any atom is -0.321 e. The lowest BCUT2D eigenvalue weighted by Crippen LogP contribution is -2.10. The second kappa shape index (κ2) is 5.89. The number of rotatable bonds is 2. The second-order valence-electron chi connectivity index (χ2n) is 5.60. The molecule has 0 aliphatic carbocycles. The SMILES string of the molecule is Cc1cc(Cl)ccc1NC(=O)c1cc2cc3ccccc3nc2s1. The fourth-order valence-corrected chi connectivity index (χ4v) is 3.78. The Morgan fingerprint density at radius 1 is 1.08 bits per heavy atom. The van der Waals surface area contributed by atoms with E-state index in [4.69, 9.17) is 11.6 Å². The molecule has 3 nitrogen and oxygen atoms in total. The molecule has 0 unspecified atom stereocenters. The van der Waals surface area contributed by atoms with Crippen LogP contribution in [0.3, 0.4) is 0 Å². The molecule has 2 aromatic heterocycles. The molecule has 0 saturated carbocycles. The van der Waals surface area contributed by atoms with Gasteiger partial charge in [0.05, 0.1) is 10.4 Å². The lowest BCUT2D eigenvalue weighted by Gasteiger charge is -2.07. The first-order valence-corrected chi connectivity index (χ1v) is 8.66. The molecule has 0 aliphatic heterocycles. The summed E-state index contributed by atoms with van der Waals surface area (Å²) in [4.78, 5) is 18.7. The van der Waals surface area contributed by atoms with Crippen LogP contribution in [0.5, 0.6) is 0 Å². The first kappa shape index (κ1) is 15.1. The highest BCUT2D eigenvalue weighted by atomic mass is 35.5. The molecule has 4 aromatic rings. The zero-order chi connectivity index (χ0) is 16.7. The van der Waals surface area contributed by atoms with Crippen molar-refractivity contribution >= 4 is 55.7 Å². The first-order chi connectivity index (χ1) is 11.6. The van der Waals surface area contributed by atoms with Crippen molar-refractivity contribution in [2.24, 2.45) is 0 Å². The van der Waals surface area contributed by atoms with E-state index in [2.05, 4.69) is 16.4 Å². The van der Waals surface area contributed by atoms with Crippen molar-refractivity contribution < 1.29 is 4.79 Å². The van der Waals surface area contributed by atoms with Gasteiger partial charge in [0.1, 0.15) is 4.83 Å². The summed E-state index contributed by atoms with van der Waals surface area (Å²) in [6.07, 6.45) is 0. The number of aromatic nitrogens is 1. The van der Waals surface area contributed by atoms with Gasteiger partial charge in [-0.05, 0) is 48.9 Å². The van der Waals surface area contributed by atoms with Gasteiger partial charge < -0.3 is 5.32 Å². The Bertz CT molecular complexity index is 1030. The predicted molar refractivity (Wildman–Crippen MR) is 101 cm³/mol. The molecular weight excluding hydrogens is 340 g/mol. The summed E-state index contributed by atoms with van der Waals surface area (Å²) in [5.41, 5.74) is 2.63. The van der Waals surface area contributed by atoms with Gasteiger partial charge in [-0.15, -0.1) is 11.3 Å². The third-order valence-corrected chi connectivity index (χ3v) is 5.15. The molecular formula is C19H13ClN2OS. The molecule has 1 N–H and O–H groups in total. The number of halogens is 1. The summed E-state index contributed by atoms with van der Waals surface area (Å²) in [6.45, 7) is 1.92. The number of anilines is 1. The summed E-state index contributed by atoms with van der Waals surface area (Å²) in [5, 5.41) is 5.65. The molecule has 4 rings (SSSR count). The van der Waals surface area contributed by atoms with Gasteiger partial charge in [0.25, 0.3) is 5.91 Å². The van der Waals surface area contributed by atoms with Crippen LogP contribution < -0.4 is 5.32 Å². The van der Waals surface area contributed by atoms with Crippen molar-refractivity contribution in [1.82, 2.24) is 4.98 Å². The van der Waals surface area contributed by atoms with Crippen molar-refractivity contribution in [3.63, 3.8) is 0 Å². The molecule has 5 heteroatoms. The van der Waals surface area contributed by atoms with Crippen LogP contribution in [0, 0.1) is 6.92 Å². The Morgan fingerprint density at radius 2 is 1.92 bits per heavy atom. The molecule has 118 valence electrons. The number of carbonyl (C=O) groups excluding carboxylic acids is 1. The lowest BCUT2D eigenvalue weighted by molar-refractivity contribution is 0.103. The monoisotopic (exact) mass is 352 g/mol. The van der Waals surface area contributed by atoms with Crippen LogP contribution >= 0.6 is 22.9 Å². The molecule has 0 spiro atoms. The second-order valence-corrected chi connectivity index (χ2v) is 7.07. The van der Waals surface area contributed by atoms with Crippen LogP contribution in [-0.4, -0.2) is 10.9 Å². The van der Waals surface area contributed by atoms with Crippen LogP contribution in [0.4, 0.5) is 5.69 Å². The molecule has 2 aromatic carbocycles. The molecule has 0 radical (unpaired) electrons. The van der Waals surface area contributed by atoms with Gasteiger partial charge in [-0.3, -0.25) is 4.79 Å². The summed E-state index contributed by atoms with van der Waals surface area (Å²) >= 11 is 7.36. The maximum atomic E-state index is 12.6. The van der Waals surface area contributed by atoms with E-state index in [1.807, 2.05) is 49.4 Å². The average molecular weight is 353 g/mol. The zero-order valence-corrected chi connectivity index (χ0v) is 14.4. The number of para-hydroxylation sites is 1. The van der Waals surface area contributed by atoms with E-state index in [0.29, 0.717) is 9.90 Å². The van der Waals surface area contributed by atoms with E-state index in [1.165, 1.54) is 11.3 Å². The summed E-state index contributed by atoms with van der Waals surface area (Å²) in [5.74, 6) is -0.132. The lowest BCUT2D eigenvalue weighted by atomic mass is 10.2. The number of thiophene rings is 1. The van der Waals surface area contributed by atoms with Crippen LogP contribution in [0.15, 0.2) is 54.6 Å². The first-order valence-electron chi connectivity index (χ1n) is 7.47. The van der Waals surface area contributed by atoms with Gasteiger partial charge in [-0.1, -0.05) is 29.8 Å². The van der Waals surface area contributed by atoms with Crippen molar-refractivity contribution in [1.29, 1.82) is 0 Å². The molecule has 0 bridgehead atoms. The third-order valence-electron chi connectivity index (χ3n) is 3.87. The highest BCUT2D eigenvalue weighted by molar-refractivity contribution is 7.20. The topological polar surface area (TPSA) is 42.0 Å². The molecule has 1 amide bonds. The van der Waals surface area contributed by atoms with Crippen LogP contribution in [0.25, 0.3) is 21.1 Å². The van der Waals surface area contributed by atoms with Gasteiger partial charge in [0.2, 0.25) is 0 Å². The van der Waals surface area contributed by atoms with E-state index >= 15 is 0 Å². The molecule has 0 fully saturated rings. The number of hydrogen-bond acceptors (Lipinski definition) is 3. The number of fused-ring (bicyclic) bond motifs is 2. The number of carbonyl (C=O) groups is 1. The molecule has 2 heterocycles. The number of amides is 1. The fourth-order valence-electron chi connectivity index (χ4n) is 2.64. The standard InChI is InChI=1S/C19H13ClN2OS/c1-11-8-14(20)6-7-15(11)21-18(23)17-10-13-9-12-4-2-3-5-16(12)22-19(13)24-17/h2-10H,1H3,(H,21,23). The quantitative estimate of drug-likeness (QED) is 0.505. The number of nitrogens with zero attached hydrogens (tertiary/aromatic N) is 1. The smallest absolute Gasteiger partial charge is 0.265 e. The van der Waals surface area contributed by atoms with Gasteiger partial charge in [-0.2, -0.15) is 0 Å². The third kappa shape index (κ3) is 2.75. The van der Waals surface area contributed by atoms with Crippen molar-refractivity contribution in [3.05, 3.63) is 70.1 Å². The maximum Gasteiger partial charge on any atom is 0.265 e. The minimum atomic E-state index is -0.132. The highest BCUT2D eigenvalue weighted by Crippen LogP contribution is 2.28. The zero-order valence-electron chi connectivity index (χ0n) is 12.8. The number of aryl methyl sites for hydroxylation is 1. The highest BCUT2D eigenvalue weighted by Gasteiger charge is 2.13. The normalized spacial score (nSPS) is 11.1. The van der Waals surface area contributed by atoms with Gasteiger partial charge >= 0.3 is 0 Å². The van der Waals surface area contributed by atoms with E-state index in [9.17, 15) is 4.79 Å². The largest absolute Gasteiger partial charge is 0.321 e. The molecule has 0 aliphatic rings. The predicted octanol–water partition coefficient (Wildman–Crippen LogP) is 5.66. The summed E-state index contributed by atoms with van der Waals surface area (Å²) < 4.78 is 0. The molecule has 0 saturated heterocycles. The van der Waals surface area contributed by atoms with E-state index in [1.54, 1.807) is 6.07 Å². The van der Waals surface area contributed by atoms with Gasteiger partial charge in [0.15, 0.2) is 0 Å². The number of benzene rings is 2.